The van der Waals surface area contributed by atoms with Crippen molar-refractivity contribution in [1.29, 1.82) is 0 Å². The molecule has 52 heavy (non-hydrogen) atoms. The van der Waals surface area contributed by atoms with Gasteiger partial charge in [0, 0.05) is 32.6 Å². The number of aromatic nitrogens is 7. The molecule has 11 nitrogen and oxygen atoms in total. The maximum atomic E-state index is 13.4. The highest BCUT2D eigenvalue weighted by Gasteiger charge is 2.23. The van der Waals surface area contributed by atoms with Crippen LogP contribution in [0.25, 0.3) is 44.8 Å². The maximum absolute atomic E-state index is 13.4. The molecule has 0 saturated heterocycles. The first-order chi connectivity index (χ1) is 25.3. The third kappa shape index (κ3) is 9.25. The summed E-state index contributed by atoms with van der Waals surface area (Å²) in [7, 11) is 2.87. The first kappa shape index (κ1) is 39.1. The summed E-state index contributed by atoms with van der Waals surface area (Å²) in [5, 5.41) is 0.771. The van der Waals surface area contributed by atoms with Crippen molar-refractivity contribution in [3.05, 3.63) is 59.9 Å². The van der Waals surface area contributed by atoms with Gasteiger partial charge in [-0.15, -0.1) is 0 Å². The number of hydrogen-bond donors (Lipinski definition) is 0. The van der Waals surface area contributed by atoms with Gasteiger partial charge in [-0.2, -0.15) is 9.97 Å². The van der Waals surface area contributed by atoms with Crippen LogP contribution in [0, 0.1) is 0 Å². The fraction of sp³-hybridized carbons (Fsp3) is 0.634. The summed E-state index contributed by atoms with van der Waals surface area (Å²) in [5.74, 6) is 0.659. The van der Waals surface area contributed by atoms with Gasteiger partial charge in [0.1, 0.15) is 0 Å². The zero-order valence-corrected chi connectivity index (χ0v) is 32.1. The van der Waals surface area contributed by atoms with Gasteiger partial charge < -0.3 is 9.13 Å². The van der Waals surface area contributed by atoms with Crippen molar-refractivity contribution in [3.8, 4) is 22.9 Å². The molecule has 0 N–H and O–H groups in total. The zero-order valence-electron chi connectivity index (χ0n) is 32.1. The smallest absolute Gasteiger partial charge is 0.325 e. The summed E-state index contributed by atoms with van der Waals surface area (Å²) in [6.45, 7) is 5.65. The zero-order chi connectivity index (χ0) is 37.0. The van der Waals surface area contributed by atoms with E-state index in [9.17, 15) is 19.2 Å². The summed E-state index contributed by atoms with van der Waals surface area (Å²) in [6.07, 6.45) is 23.9. The molecule has 0 fully saturated rings. The number of nitrogens with zero attached hydrogens (tertiary/aromatic N) is 7. The highest BCUT2D eigenvalue weighted by atomic mass is 16.2. The van der Waals surface area contributed by atoms with Gasteiger partial charge in [-0.05, 0) is 31.0 Å². The molecular formula is C41H59N7O4. The quantitative estimate of drug-likeness (QED) is 0.0526. The summed E-state index contributed by atoms with van der Waals surface area (Å²) in [4.78, 5) is 65.8. The molecule has 0 radical (unpaired) electrons. The SMILES string of the molecule is CCCCCCCCCCCCn1c2nc(=O)n(C)c(=O)c-2cc2cc3nc4c(=O)n(C)c(=O)nc-4n(CCCCCCCCCCCC)c3cc21. The lowest BCUT2D eigenvalue weighted by molar-refractivity contribution is 0.536. The minimum Gasteiger partial charge on any atom is -0.325 e. The molecule has 11 heteroatoms. The van der Waals surface area contributed by atoms with Crippen molar-refractivity contribution >= 4 is 21.9 Å². The lowest BCUT2D eigenvalue weighted by Gasteiger charge is -2.21. The van der Waals surface area contributed by atoms with E-state index in [-0.39, 0.29) is 11.5 Å². The Balaban J connectivity index is 1.48. The average molecular weight is 714 g/mol. The Hall–Kier alpha value is -4.15. The van der Waals surface area contributed by atoms with Gasteiger partial charge in [0.2, 0.25) is 0 Å². The van der Waals surface area contributed by atoms with Crippen molar-refractivity contribution in [3.63, 3.8) is 0 Å². The summed E-state index contributed by atoms with van der Waals surface area (Å²) in [5.41, 5.74) is 0.602. The van der Waals surface area contributed by atoms with E-state index >= 15 is 0 Å². The molecule has 1 aromatic rings. The average Bonchev–Trinajstić information content (AvgIpc) is 3.14. The predicted molar refractivity (Wildman–Crippen MR) is 211 cm³/mol. The van der Waals surface area contributed by atoms with E-state index in [1.807, 2.05) is 21.3 Å². The van der Waals surface area contributed by atoms with Crippen LogP contribution in [0.15, 0.2) is 37.4 Å². The summed E-state index contributed by atoms with van der Waals surface area (Å²) >= 11 is 0. The first-order valence-corrected chi connectivity index (χ1v) is 20.1. The number of hydrogen-bond acceptors (Lipinski definition) is 7. The van der Waals surface area contributed by atoms with Crippen LogP contribution in [0.2, 0.25) is 0 Å². The normalized spacial score (nSPS) is 11.9. The van der Waals surface area contributed by atoms with Gasteiger partial charge in [0.25, 0.3) is 11.1 Å². The number of rotatable bonds is 22. The topological polar surface area (TPSA) is 127 Å². The Morgan fingerprint density at radius 2 is 0.923 bits per heavy atom. The number of pyridine rings is 1. The molecule has 282 valence electrons. The molecule has 0 unspecified atom stereocenters. The van der Waals surface area contributed by atoms with Crippen LogP contribution in [-0.2, 0) is 27.2 Å². The second-order valence-electron chi connectivity index (χ2n) is 14.7. The Bertz CT molecular complexity index is 1960. The molecule has 5 rings (SSSR count). The van der Waals surface area contributed by atoms with Crippen LogP contribution >= 0.6 is 0 Å². The molecule has 1 aromatic carbocycles. The molecular weight excluding hydrogens is 654 g/mol. The fourth-order valence-electron chi connectivity index (χ4n) is 7.48. The summed E-state index contributed by atoms with van der Waals surface area (Å²) in [6, 6.07) is 5.70. The highest BCUT2D eigenvalue weighted by molar-refractivity contribution is 5.97. The number of benzene rings is 1. The van der Waals surface area contributed by atoms with E-state index in [1.54, 1.807) is 6.07 Å². The van der Waals surface area contributed by atoms with Crippen molar-refractivity contribution < 1.29 is 0 Å². The van der Waals surface area contributed by atoms with Crippen molar-refractivity contribution in [2.75, 3.05) is 0 Å². The molecule has 0 atom stereocenters. The van der Waals surface area contributed by atoms with Crippen LogP contribution < -0.4 is 22.5 Å². The third-order valence-corrected chi connectivity index (χ3v) is 10.7. The second-order valence-corrected chi connectivity index (χ2v) is 14.7. The Labute approximate surface area is 306 Å². The van der Waals surface area contributed by atoms with E-state index in [1.165, 1.54) is 104 Å². The minimum atomic E-state index is -0.610. The fourth-order valence-corrected chi connectivity index (χ4v) is 7.48. The van der Waals surface area contributed by atoms with Crippen molar-refractivity contribution in [1.82, 2.24) is 33.2 Å². The van der Waals surface area contributed by atoms with E-state index in [2.05, 4.69) is 23.8 Å². The molecule has 0 aliphatic carbocycles. The van der Waals surface area contributed by atoms with Gasteiger partial charge in [0.05, 0.1) is 22.1 Å². The van der Waals surface area contributed by atoms with E-state index in [4.69, 9.17) is 4.98 Å². The lowest BCUT2D eigenvalue weighted by atomic mass is 10.1. The van der Waals surface area contributed by atoms with E-state index in [0.29, 0.717) is 30.0 Å². The van der Waals surface area contributed by atoms with Crippen molar-refractivity contribution in [2.24, 2.45) is 14.1 Å². The molecule has 0 spiro atoms. The Morgan fingerprint density at radius 1 is 0.481 bits per heavy atom. The van der Waals surface area contributed by atoms with Crippen LogP contribution in [0.4, 0.5) is 0 Å². The molecule has 4 aliphatic rings. The minimum absolute atomic E-state index is 0.147. The molecule has 0 bridgehead atoms. The van der Waals surface area contributed by atoms with Crippen LogP contribution in [-0.4, -0.2) is 33.2 Å². The predicted octanol–water partition coefficient (Wildman–Crippen LogP) is 7.95. The van der Waals surface area contributed by atoms with Gasteiger partial charge in [-0.25, -0.2) is 14.6 Å². The van der Waals surface area contributed by atoms with Gasteiger partial charge in [-0.1, -0.05) is 129 Å². The number of aryl methyl sites for hydroxylation is 2. The van der Waals surface area contributed by atoms with Crippen molar-refractivity contribution in [2.45, 2.75) is 155 Å². The molecule has 0 amide bonds. The van der Waals surface area contributed by atoms with Crippen LogP contribution in [0.1, 0.15) is 142 Å². The van der Waals surface area contributed by atoms with Gasteiger partial charge in [0.15, 0.2) is 17.3 Å². The lowest BCUT2D eigenvalue weighted by Crippen LogP contribution is -2.36. The standard InChI is InChI=1S/C41H59N7O4/c1-5-7-9-11-13-15-17-19-21-23-25-47-33-29-34-32(28-30(33)27-31-36(47)43-40(51)45(3)38(31)49)42-35-37(44-41(52)46(4)39(35)50)48(34)26-24-22-20-18-16-14-12-10-8-6-2/h27-29H,5-26H2,1-4H3. The number of fused-ring (bicyclic) bond motifs is 4. The molecule has 4 aliphatic heterocycles. The maximum Gasteiger partial charge on any atom is 0.352 e. The summed E-state index contributed by atoms with van der Waals surface area (Å²) < 4.78 is 6.01. The van der Waals surface area contributed by atoms with Gasteiger partial charge in [-0.3, -0.25) is 18.7 Å². The monoisotopic (exact) mass is 713 g/mol. The first-order valence-electron chi connectivity index (χ1n) is 20.1. The Morgan fingerprint density at radius 3 is 1.44 bits per heavy atom. The van der Waals surface area contributed by atoms with Crippen LogP contribution in [0.5, 0.6) is 0 Å². The largest absolute Gasteiger partial charge is 0.352 e. The third-order valence-electron chi connectivity index (χ3n) is 10.7. The Kier molecular flexibility index (Phi) is 14.3. The van der Waals surface area contributed by atoms with Crippen LogP contribution in [0.3, 0.4) is 0 Å². The molecule has 4 heterocycles. The molecule has 0 aromatic heterocycles. The van der Waals surface area contributed by atoms with Gasteiger partial charge >= 0.3 is 11.4 Å². The van der Waals surface area contributed by atoms with E-state index < -0.39 is 22.5 Å². The van der Waals surface area contributed by atoms with E-state index in [0.717, 1.165) is 64.1 Å². The molecule has 0 saturated carbocycles. The second kappa shape index (κ2) is 19.1. The highest BCUT2D eigenvalue weighted by Crippen LogP contribution is 2.31. The number of unbranched alkanes of at least 4 members (excludes halogenated alkanes) is 18.